The largest absolute Gasteiger partial charge is 0.484 e. The molecular formula is C20H23BrN2O4S. The van der Waals surface area contributed by atoms with E-state index in [-0.39, 0.29) is 17.4 Å². The zero-order valence-electron chi connectivity index (χ0n) is 15.7. The number of anilines is 1. The normalized spacial score (nSPS) is 13.4. The van der Waals surface area contributed by atoms with Gasteiger partial charge >= 0.3 is 0 Å². The van der Waals surface area contributed by atoms with Crippen LogP contribution in [0.1, 0.15) is 25.3 Å². The number of unbranched alkanes of at least 4 members (excludes halogenated alkanes) is 1. The summed E-state index contributed by atoms with van der Waals surface area (Å²) < 4.78 is 33.5. The molecule has 150 valence electrons. The van der Waals surface area contributed by atoms with Gasteiger partial charge in [0.1, 0.15) is 5.75 Å². The third kappa shape index (κ3) is 4.92. The maximum Gasteiger partial charge on any atom is 0.264 e. The van der Waals surface area contributed by atoms with Crippen LogP contribution in [0, 0.1) is 0 Å². The van der Waals surface area contributed by atoms with Crippen LogP contribution in [0.4, 0.5) is 5.69 Å². The molecule has 2 aromatic rings. The minimum Gasteiger partial charge on any atom is -0.484 e. The van der Waals surface area contributed by atoms with Crippen molar-refractivity contribution in [1.29, 1.82) is 0 Å². The lowest BCUT2D eigenvalue weighted by Gasteiger charge is -2.17. The topological polar surface area (TPSA) is 75.7 Å². The number of nitrogens with one attached hydrogen (secondary N) is 1. The van der Waals surface area contributed by atoms with Crippen LogP contribution < -0.4 is 14.4 Å². The minimum atomic E-state index is -3.52. The zero-order valence-corrected chi connectivity index (χ0v) is 18.1. The molecule has 1 aliphatic heterocycles. The molecule has 1 aliphatic rings. The Morgan fingerprint density at radius 2 is 1.96 bits per heavy atom. The van der Waals surface area contributed by atoms with Gasteiger partial charge in [-0.1, -0.05) is 29.3 Å². The molecule has 0 saturated carbocycles. The molecule has 8 heteroatoms. The van der Waals surface area contributed by atoms with E-state index in [2.05, 4.69) is 20.7 Å². The Labute approximate surface area is 174 Å². The molecule has 3 rings (SSSR count). The van der Waals surface area contributed by atoms with E-state index in [1.54, 1.807) is 17.0 Å². The Kier molecular flexibility index (Phi) is 6.74. The molecule has 0 aromatic heterocycles. The van der Waals surface area contributed by atoms with Crippen molar-refractivity contribution in [3.8, 4) is 5.75 Å². The molecule has 0 bridgehead atoms. The number of hydrogen-bond acceptors (Lipinski definition) is 4. The van der Waals surface area contributed by atoms with Crippen LogP contribution in [0.5, 0.6) is 5.75 Å². The number of carbonyl (C=O) groups is 1. The van der Waals surface area contributed by atoms with Crippen LogP contribution in [0.2, 0.25) is 0 Å². The van der Waals surface area contributed by atoms with Crippen molar-refractivity contribution in [2.75, 3.05) is 24.6 Å². The van der Waals surface area contributed by atoms with Gasteiger partial charge in [0.05, 0.1) is 4.90 Å². The predicted molar refractivity (Wildman–Crippen MR) is 112 cm³/mol. The van der Waals surface area contributed by atoms with E-state index in [4.69, 9.17) is 4.74 Å². The molecule has 28 heavy (non-hydrogen) atoms. The number of hydrogen-bond donors (Lipinski definition) is 1. The Bertz CT molecular complexity index is 945. The zero-order chi connectivity index (χ0) is 20.1. The van der Waals surface area contributed by atoms with Crippen molar-refractivity contribution >= 4 is 37.5 Å². The summed E-state index contributed by atoms with van der Waals surface area (Å²) in [6.07, 6.45) is 2.53. The average Bonchev–Trinajstić information content (AvgIpc) is 3.09. The molecule has 0 unspecified atom stereocenters. The number of carbonyl (C=O) groups excluding carboxylic acids is 1. The lowest BCUT2D eigenvalue weighted by molar-refractivity contribution is -0.120. The molecule has 0 atom stereocenters. The lowest BCUT2D eigenvalue weighted by atomic mass is 10.2. The summed E-state index contributed by atoms with van der Waals surface area (Å²) in [4.78, 5) is 14.4. The van der Waals surface area contributed by atoms with E-state index < -0.39 is 10.0 Å². The fourth-order valence-electron chi connectivity index (χ4n) is 3.03. The maximum atomic E-state index is 12.5. The van der Waals surface area contributed by atoms with Crippen molar-refractivity contribution < 1.29 is 17.9 Å². The summed E-state index contributed by atoms with van der Waals surface area (Å²) in [6, 6.07) is 12.0. The second kappa shape index (κ2) is 9.07. The highest BCUT2D eigenvalue weighted by Crippen LogP contribution is 2.30. The Morgan fingerprint density at radius 3 is 2.68 bits per heavy atom. The fourth-order valence-corrected chi connectivity index (χ4v) is 4.52. The number of nitrogens with zero attached hydrogens (tertiary/aromatic N) is 1. The molecular weight excluding hydrogens is 444 g/mol. The van der Waals surface area contributed by atoms with Gasteiger partial charge in [-0.25, -0.2) is 13.1 Å². The predicted octanol–water partition coefficient (Wildman–Crippen LogP) is 3.50. The number of rotatable bonds is 8. The van der Waals surface area contributed by atoms with Gasteiger partial charge in [0, 0.05) is 23.2 Å². The van der Waals surface area contributed by atoms with E-state index in [9.17, 15) is 13.2 Å². The van der Waals surface area contributed by atoms with Crippen molar-refractivity contribution in [1.82, 2.24) is 4.72 Å². The number of ether oxygens (including phenoxy) is 1. The smallest absolute Gasteiger partial charge is 0.264 e. The molecule has 1 heterocycles. The van der Waals surface area contributed by atoms with Crippen LogP contribution in [0.3, 0.4) is 0 Å². The third-order valence-electron chi connectivity index (χ3n) is 4.56. The first-order valence-electron chi connectivity index (χ1n) is 9.22. The number of benzene rings is 2. The van der Waals surface area contributed by atoms with E-state index >= 15 is 0 Å². The van der Waals surface area contributed by atoms with Gasteiger partial charge in [-0.3, -0.25) is 4.79 Å². The number of halogens is 1. The van der Waals surface area contributed by atoms with Crippen molar-refractivity contribution in [2.45, 2.75) is 31.1 Å². The van der Waals surface area contributed by atoms with Gasteiger partial charge < -0.3 is 9.64 Å². The molecule has 0 fully saturated rings. The summed E-state index contributed by atoms with van der Waals surface area (Å²) in [7, 11) is -3.52. The molecule has 0 spiro atoms. The first-order valence-corrected chi connectivity index (χ1v) is 11.5. The highest BCUT2D eigenvalue weighted by atomic mass is 79.9. The lowest BCUT2D eigenvalue weighted by Crippen LogP contribution is -2.33. The van der Waals surface area contributed by atoms with E-state index in [1.165, 1.54) is 12.1 Å². The van der Waals surface area contributed by atoms with Crippen molar-refractivity contribution in [3.63, 3.8) is 0 Å². The monoisotopic (exact) mass is 466 g/mol. The maximum absolute atomic E-state index is 12.5. The first kappa shape index (κ1) is 20.8. The molecule has 0 saturated heterocycles. The Morgan fingerprint density at radius 1 is 1.21 bits per heavy atom. The van der Waals surface area contributed by atoms with E-state index in [1.807, 2.05) is 25.1 Å². The van der Waals surface area contributed by atoms with E-state index in [0.717, 1.165) is 35.0 Å². The minimum absolute atomic E-state index is 0.101. The summed E-state index contributed by atoms with van der Waals surface area (Å²) in [5.41, 5.74) is 2.05. The summed E-state index contributed by atoms with van der Waals surface area (Å²) >= 11 is 3.44. The van der Waals surface area contributed by atoms with Gasteiger partial charge in [0.25, 0.3) is 5.91 Å². The van der Waals surface area contributed by atoms with E-state index in [0.29, 0.717) is 18.8 Å². The van der Waals surface area contributed by atoms with Crippen molar-refractivity contribution in [2.24, 2.45) is 0 Å². The van der Waals surface area contributed by atoms with Crippen molar-refractivity contribution in [3.05, 3.63) is 52.5 Å². The third-order valence-corrected chi connectivity index (χ3v) is 6.53. The number of amides is 1. The summed E-state index contributed by atoms with van der Waals surface area (Å²) in [5.74, 6) is 0.329. The number of sulfonamides is 1. The standard InChI is InChI=1S/C20H23BrN2O4S/c1-2-3-11-22-28(25,26)18-7-5-17(6-8-18)27-14-20(24)23-12-10-15-13-16(21)4-9-19(15)23/h4-9,13,22H,2-3,10-12,14H2,1H3. The van der Waals surface area contributed by atoms with Gasteiger partial charge in [0.2, 0.25) is 10.0 Å². The summed E-state index contributed by atoms with van der Waals surface area (Å²) in [6.45, 7) is 2.95. The molecule has 1 amide bonds. The number of fused-ring (bicyclic) bond motifs is 1. The molecule has 0 aliphatic carbocycles. The quantitative estimate of drug-likeness (QED) is 0.604. The van der Waals surface area contributed by atoms with Crippen LogP contribution in [0.15, 0.2) is 51.8 Å². The van der Waals surface area contributed by atoms with Gasteiger partial charge in [-0.15, -0.1) is 0 Å². The summed E-state index contributed by atoms with van der Waals surface area (Å²) in [5, 5.41) is 0. The van der Waals surface area contributed by atoms with Crippen LogP contribution in [0.25, 0.3) is 0 Å². The highest BCUT2D eigenvalue weighted by molar-refractivity contribution is 9.10. The van der Waals surface area contributed by atoms with Crippen LogP contribution in [-0.4, -0.2) is 34.0 Å². The molecule has 1 N–H and O–H groups in total. The van der Waals surface area contributed by atoms with Gasteiger partial charge in [0.15, 0.2) is 6.61 Å². The van der Waals surface area contributed by atoms with Gasteiger partial charge in [-0.2, -0.15) is 0 Å². The van der Waals surface area contributed by atoms with Gasteiger partial charge in [-0.05, 0) is 60.9 Å². The highest BCUT2D eigenvalue weighted by Gasteiger charge is 2.25. The SMILES string of the molecule is CCCCNS(=O)(=O)c1ccc(OCC(=O)N2CCc3cc(Br)ccc32)cc1. The second-order valence-corrected chi connectivity index (χ2v) is 9.26. The second-order valence-electron chi connectivity index (χ2n) is 6.58. The van der Waals surface area contributed by atoms with Crippen LogP contribution >= 0.6 is 15.9 Å². The Hall–Kier alpha value is -1.90. The average molecular weight is 467 g/mol. The molecule has 0 radical (unpaired) electrons. The van der Waals surface area contributed by atoms with Crippen LogP contribution in [-0.2, 0) is 21.2 Å². The first-order chi connectivity index (χ1) is 13.4. The molecule has 2 aromatic carbocycles. The fraction of sp³-hybridized carbons (Fsp3) is 0.350. The molecule has 6 nitrogen and oxygen atoms in total. The Balaban J connectivity index is 1.58.